The molecule has 158 valence electrons. The normalized spacial score (nSPS) is 20.7. The summed E-state index contributed by atoms with van der Waals surface area (Å²) in [6.07, 6.45) is 7.35. The molecule has 2 aromatic rings. The molecule has 0 saturated carbocycles. The Morgan fingerprint density at radius 1 is 1.30 bits per heavy atom. The predicted octanol–water partition coefficient (Wildman–Crippen LogP) is 3.35. The highest BCUT2D eigenvalue weighted by Gasteiger charge is 2.26. The molecule has 2 aliphatic rings. The van der Waals surface area contributed by atoms with Crippen LogP contribution >= 0.6 is 11.6 Å². The third kappa shape index (κ3) is 4.00. The number of pyridine rings is 1. The molecule has 2 aromatic heterocycles. The van der Waals surface area contributed by atoms with Gasteiger partial charge in [-0.2, -0.15) is 0 Å². The first-order valence-electron chi connectivity index (χ1n) is 10.3. The van der Waals surface area contributed by atoms with Crippen LogP contribution < -0.4 is 10.5 Å². The number of aromatic nitrogens is 2. The molecule has 0 aromatic carbocycles. The average Bonchev–Trinajstić information content (AvgIpc) is 3.08. The van der Waals surface area contributed by atoms with Crippen LogP contribution in [0.4, 0.5) is 5.69 Å². The van der Waals surface area contributed by atoms with Crippen molar-refractivity contribution in [3.8, 4) is 5.88 Å². The van der Waals surface area contributed by atoms with E-state index in [1.807, 2.05) is 24.4 Å². The number of halogens is 1. The van der Waals surface area contributed by atoms with Crippen molar-refractivity contribution in [1.29, 1.82) is 0 Å². The molecular weight excluding hydrogens is 402 g/mol. The molecule has 0 radical (unpaired) electrons. The molecule has 8 heteroatoms. The van der Waals surface area contributed by atoms with Crippen molar-refractivity contribution in [2.45, 2.75) is 26.2 Å². The largest absolute Gasteiger partial charge is 0.469 e. The molecule has 7 nitrogen and oxygen atoms in total. The van der Waals surface area contributed by atoms with Gasteiger partial charge in [0, 0.05) is 11.8 Å². The second-order valence-corrected chi connectivity index (χ2v) is 8.64. The van der Waals surface area contributed by atoms with Crippen LogP contribution in [0.5, 0.6) is 5.88 Å². The van der Waals surface area contributed by atoms with E-state index in [9.17, 15) is 4.79 Å². The number of likely N-dealkylation sites (tertiary alicyclic amines) is 1. The second kappa shape index (κ2) is 8.24. The number of hydrogen-bond donors (Lipinski definition) is 1. The maximum Gasteiger partial charge on any atom is 0.260 e. The minimum atomic E-state index is -0.275. The number of nitrogens with two attached hydrogens (primary N) is 1. The van der Waals surface area contributed by atoms with E-state index in [4.69, 9.17) is 27.1 Å². The quantitative estimate of drug-likeness (QED) is 0.584. The zero-order chi connectivity index (χ0) is 21.3. The zero-order valence-corrected chi connectivity index (χ0v) is 18.2. The SMILES string of the molecule is CC1=CC(=Nc2c(OCC[N+]3(C)CCCCC3)nn3ccccc23)C(N)=C(Cl)C1=O. The fourth-order valence-electron chi connectivity index (χ4n) is 4.00. The molecule has 0 bridgehead atoms. The Morgan fingerprint density at radius 3 is 2.83 bits per heavy atom. The van der Waals surface area contributed by atoms with Crippen LogP contribution in [0.15, 0.2) is 51.8 Å². The van der Waals surface area contributed by atoms with Gasteiger partial charge in [0.2, 0.25) is 5.78 Å². The monoisotopic (exact) mass is 428 g/mol. The van der Waals surface area contributed by atoms with Gasteiger partial charge in [-0.3, -0.25) is 4.79 Å². The van der Waals surface area contributed by atoms with Gasteiger partial charge in [0.05, 0.1) is 37.1 Å². The molecule has 1 aliphatic carbocycles. The van der Waals surface area contributed by atoms with Gasteiger partial charge in [0.25, 0.3) is 5.88 Å². The summed E-state index contributed by atoms with van der Waals surface area (Å²) in [5.74, 6) is 0.173. The van der Waals surface area contributed by atoms with Crippen LogP contribution in [0.25, 0.3) is 5.52 Å². The molecule has 0 unspecified atom stereocenters. The molecule has 1 aliphatic heterocycles. The Hall–Kier alpha value is -2.64. The molecule has 0 spiro atoms. The first-order valence-corrected chi connectivity index (χ1v) is 10.7. The van der Waals surface area contributed by atoms with Gasteiger partial charge in [-0.05, 0) is 44.4 Å². The van der Waals surface area contributed by atoms with Crippen LogP contribution in [0.2, 0.25) is 0 Å². The first kappa shape index (κ1) is 20.6. The lowest BCUT2D eigenvalue weighted by Gasteiger charge is -2.37. The summed E-state index contributed by atoms with van der Waals surface area (Å²) in [5.41, 5.74) is 8.56. The number of ether oxygens (including phenoxy) is 1. The Labute approximate surface area is 181 Å². The number of hydrogen-bond acceptors (Lipinski definition) is 5. The van der Waals surface area contributed by atoms with E-state index in [2.05, 4.69) is 12.1 Å². The number of carbonyl (C=O) groups excluding carboxylic acids is 1. The summed E-state index contributed by atoms with van der Waals surface area (Å²) in [5, 5.41) is 4.56. The van der Waals surface area contributed by atoms with Gasteiger partial charge in [-0.25, -0.2) is 9.51 Å². The van der Waals surface area contributed by atoms with Crippen LogP contribution in [0.1, 0.15) is 26.2 Å². The summed E-state index contributed by atoms with van der Waals surface area (Å²) < 4.78 is 8.86. The summed E-state index contributed by atoms with van der Waals surface area (Å²) in [4.78, 5) is 16.8. The summed E-state index contributed by atoms with van der Waals surface area (Å²) in [7, 11) is 2.29. The molecule has 0 atom stereocenters. The maximum absolute atomic E-state index is 12.0. The number of likely N-dealkylation sites (N-methyl/N-ethyl adjacent to an activating group) is 1. The summed E-state index contributed by atoms with van der Waals surface area (Å²) in [6, 6.07) is 5.74. The van der Waals surface area contributed by atoms with Gasteiger partial charge >= 0.3 is 0 Å². The van der Waals surface area contributed by atoms with Crippen molar-refractivity contribution in [1.82, 2.24) is 9.61 Å². The van der Waals surface area contributed by atoms with Crippen molar-refractivity contribution in [3.05, 3.63) is 46.8 Å². The molecule has 1 fully saturated rings. The van der Waals surface area contributed by atoms with E-state index < -0.39 is 0 Å². The van der Waals surface area contributed by atoms with Gasteiger partial charge in [0.1, 0.15) is 18.2 Å². The first-order chi connectivity index (χ1) is 14.4. The van der Waals surface area contributed by atoms with E-state index in [0.29, 0.717) is 29.5 Å². The van der Waals surface area contributed by atoms with Crippen LogP contribution in [0.3, 0.4) is 0 Å². The highest BCUT2D eigenvalue weighted by molar-refractivity contribution is 6.49. The number of piperidine rings is 1. The minimum absolute atomic E-state index is 0.00443. The van der Waals surface area contributed by atoms with E-state index in [1.165, 1.54) is 32.4 Å². The smallest absolute Gasteiger partial charge is 0.260 e. The van der Waals surface area contributed by atoms with Crippen molar-refractivity contribution in [3.63, 3.8) is 0 Å². The van der Waals surface area contributed by atoms with Gasteiger partial charge in [0.15, 0.2) is 5.69 Å². The topological polar surface area (TPSA) is 82.0 Å². The number of Topliss-reactive ketones (excluding diaryl/α,β-unsaturated/α-hetero) is 1. The van der Waals surface area contributed by atoms with Crippen molar-refractivity contribution in [2.24, 2.45) is 10.7 Å². The third-order valence-electron chi connectivity index (χ3n) is 5.90. The van der Waals surface area contributed by atoms with Crippen LogP contribution in [-0.2, 0) is 4.79 Å². The number of fused-ring (bicyclic) bond motifs is 1. The molecule has 0 amide bonds. The summed E-state index contributed by atoms with van der Waals surface area (Å²) in [6.45, 7) is 5.54. The van der Waals surface area contributed by atoms with Crippen LogP contribution in [-0.4, -0.2) is 58.9 Å². The van der Waals surface area contributed by atoms with E-state index in [0.717, 1.165) is 16.5 Å². The van der Waals surface area contributed by atoms with E-state index in [1.54, 1.807) is 17.5 Å². The lowest BCUT2D eigenvalue weighted by atomic mass is 10.0. The van der Waals surface area contributed by atoms with Gasteiger partial charge in [-0.1, -0.05) is 17.7 Å². The predicted molar refractivity (Wildman–Crippen MR) is 118 cm³/mol. The standard InChI is InChI=1S/C22H26ClN5O2/c1-15-14-16(19(24)18(23)21(15)29)25-20-17-8-4-5-9-27(17)26-22(20)30-13-12-28(2)10-6-3-7-11-28/h4-5,8-9,14H,3,6-7,10-13H2,1-2H3,(H-,24,29)/p+1. The average molecular weight is 429 g/mol. The second-order valence-electron chi connectivity index (χ2n) is 8.26. The lowest BCUT2D eigenvalue weighted by molar-refractivity contribution is -0.914. The molecule has 2 N–H and O–H groups in total. The number of quaternary nitrogens is 1. The third-order valence-corrected chi connectivity index (χ3v) is 6.28. The maximum atomic E-state index is 12.0. The minimum Gasteiger partial charge on any atom is -0.469 e. The van der Waals surface area contributed by atoms with E-state index in [-0.39, 0.29) is 16.5 Å². The Balaban J connectivity index is 1.65. The Kier molecular flexibility index (Phi) is 5.66. The molecule has 4 rings (SSSR count). The molecule has 3 heterocycles. The van der Waals surface area contributed by atoms with Crippen molar-refractivity contribution in [2.75, 3.05) is 33.3 Å². The number of aliphatic imine (C=N–C) groups is 1. The number of rotatable bonds is 5. The number of nitrogens with zero attached hydrogens (tertiary/aromatic N) is 4. The van der Waals surface area contributed by atoms with Crippen molar-refractivity contribution >= 4 is 34.3 Å². The zero-order valence-electron chi connectivity index (χ0n) is 17.4. The Bertz CT molecular complexity index is 1080. The highest BCUT2D eigenvalue weighted by Crippen LogP contribution is 2.33. The fraction of sp³-hybridized carbons (Fsp3) is 0.409. The molecular formula is C22H27ClN5O2+. The highest BCUT2D eigenvalue weighted by atomic mass is 35.5. The van der Waals surface area contributed by atoms with Gasteiger partial charge < -0.3 is 15.0 Å². The van der Waals surface area contributed by atoms with Crippen molar-refractivity contribution < 1.29 is 14.0 Å². The summed E-state index contributed by atoms with van der Waals surface area (Å²) >= 11 is 6.12. The molecule has 1 saturated heterocycles. The van der Waals surface area contributed by atoms with Gasteiger partial charge in [-0.15, -0.1) is 5.10 Å². The molecule has 30 heavy (non-hydrogen) atoms. The Morgan fingerprint density at radius 2 is 2.07 bits per heavy atom. The fourth-order valence-corrected chi connectivity index (χ4v) is 4.24. The van der Waals surface area contributed by atoms with E-state index >= 15 is 0 Å². The number of allylic oxidation sites excluding steroid dienone is 3. The van der Waals surface area contributed by atoms with Crippen LogP contribution in [0, 0.1) is 0 Å². The lowest BCUT2D eigenvalue weighted by Crippen LogP contribution is -2.50. The number of ketones is 1. The number of carbonyl (C=O) groups is 1.